The van der Waals surface area contributed by atoms with Crippen LogP contribution in [0.5, 0.6) is 0 Å². The highest BCUT2D eigenvalue weighted by Gasteiger charge is 2.37. The lowest BCUT2D eigenvalue weighted by atomic mass is 9.81. The standard InChI is InChI=1S/C12H19NO2/c1-8(2)11-6-5-9(3)7-12(11,15)13-10(4)14/h5-8,11,15H,1-4H3,(H,13,14). The van der Waals surface area contributed by atoms with Crippen LogP contribution in [0.15, 0.2) is 23.8 Å². The third kappa shape index (κ3) is 2.69. The summed E-state index contributed by atoms with van der Waals surface area (Å²) in [6.07, 6.45) is 5.63. The summed E-state index contributed by atoms with van der Waals surface area (Å²) in [6, 6.07) is 0. The Morgan fingerprint density at radius 3 is 2.67 bits per heavy atom. The van der Waals surface area contributed by atoms with Gasteiger partial charge in [0.05, 0.1) is 0 Å². The Morgan fingerprint density at radius 1 is 1.60 bits per heavy atom. The largest absolute Gasteiger partial charge is 0.367 e. The van der Waals surface area contributed by atoms with Gasteiger partial charge in [-0.15, -0.1) is 0 Å². The average molecular weight is 209 g/mol. The Hall–Kier alpha value is -1.09. The van der Waals surface area contributed by atoms with Gasteiger partial charge in [0.25, 0.3) is 0 Å². The first-order chi connectivity index (χ1) is 6.85. The van der Waals surface area contributed by atoms with Gasteiger partial charge in [-0.05, 0) is 18.9 Å². The van der Waals surface area contributed by atoms with Gasteiger partial charge in [-0.25, -0.2) is 0 Å². The van der Waals surface area contributed by atoms with Crippen molar-refractivity contribution in [3.05, 3.63) is 23.8 Å². The summed E-state index contributed by atoms with van der Waals surface area (Å²) >= 11 is 0. The molecule has 1 aliphatic rings. The lowest BCUT2D eigenvalue weighted by Crippen LogP contribution is -2.53. The molecule has 1 amide bonds. The van der Waals surface area contributed by atoms with Crippen molar-refractivity contribution in [2.24, 2.45) is 11.8 Å². The van der Waals surface area contributed by atoms with Crippen molar-refractivity contribution in [2.75, 3.05) is 0 Å². The van der Waals surface area contributed by atoms with Crippen molar-refractivity contribution in [3.63, 3.8) is 0 Å². The zero-order chi connectivity index (χ0) is 11.6. The third-order valence-corrected chi connectivity index (χ3v) is 2.62. The van der Waals surface area contributed by atoms with E-state index in [9.17, 15) is 9.90 Å². The fourth-order valence-electron chi connectivity index (χ4n) is 2.03. The molecule has 0 radical (unpaired) electrons. The molecule has 0 aliphatic heterocycles. The van der Waals surface area contributed by atoms with E-state index in [0.29, 0.717) is 0 Å². The summed E-state index contributed by atoms with van der Waals surface area (Å²) in [5.41, 5.74) is -0.276. The number of rotatable bonds is 2. The van der Waals surface area contributed by atoms with Crippen molar-refractivity contribution < 1.29 is 9.90 Å². The second kappa shape index (κ2) is 4.19. The third-order valence-electron chi connectivity index (χ3n) is 2.62. The normalized spacial score (nSPS) is 30.3. The molecule has 2 unspecified atom stereocenters. The Labute approximate surface area is 90.9 Å². The van der Waals surface area contributed by atoms with Gasteiger partial charge < -0.3 is 10.4 Å². The monoisotopic (exact) mass is 209 g/mol. The topological polar surface area (TPSA) is 49.3 Å². The molecular weight excluding hydrogens is 190 g/mol. The molecule has 1 aliphatic carbocycles. The molecule has 0 aromatic carbocycles. The van der Waals surface area contributed by atoms with Gasteiger partial charge in [-0.3, -0.25) is 4.79 Å². The number of aliphatic hydroxyl groups is 1. The lowest BCUT2D eigenvalue weighted by molar-refractivity contribution is -0.126. The molecule has 0 aromatic heterocycles. The van der Waals surface area contributed by atoms with Crippen LogP contribution in [0.25, 0.3) is 0 Å². The van der Waals surface area contributed by atoms with Gasteiger partial charge in [0, 0.05) is 12.8 Å². The Morgan fingerprint density at radius 2 is 2.20 bits per heavy atom. The molecule has 3 nitrogen and oxygen atoms in total. The van der Waals surface area contributed by atoms with E-state index in [1.807, 2.05) is 32.9 Å². The highest BCUT2D eigenvalue weighted by Crippen LogP contribution is 2.30. The minimum atomic E-state index is -1.24. The molecule has 0 heterocycles. The summed E-state index contributed by atoms with van der Waals surface area (Å²) in [4.78, 5) is 11.1. The van der Waals surface area contributed by atoms with Crippen LogP contribution in [0.2, 0.25) is 0 Å². The zero-order valence-corrected chi connectivity index (χ0v) is 9.74. The predicted molar refractivity (Wildman–Crippen MR) is 60.0 cm³/mol. The summed E-state index contributed by atoms with van der Waals surface area (Å²) in [6.45, 7) is 7.36. The second-order valence-corrected chi connectivity index (χ2v) is 4.52. The molecule has 2 atom stereocenters. The van der Waals surface area contributed by atoms with E-state index in [1.165, 1.54) is 6.92 Å². The van der Waals surface area contributed by atoms with Crippen molar-refractivity contribution in [2.45, 2.75) is 33.4 Å². The maximum atomic E-state index is 11.1. The molecule has 0 saturated carbocycles. The van der Waals surface area contributed by atoms with Gasteiger partial charge in [0.15, 0.2) is 5.72 Å². The molecule has 2 N–H and O–H groups in total. The first-order valence-corrected chi connectivity index (χ1v) is 5.24. The van der Waals surface area contributed by atoms with Gasteiger partial charge in [-0.2, -0.15) is 0 Å². The Kier molecular flexibility index (Phi) is 3.35. The van der Waals surface area contributed by atoms with E-state index in [1.54, 1.807) is 6.08 Å². The number of amides is 1. The molecule has 15 heavy (non-hydrogen) atoms. The minimum Gasteiger partial charge on any atom is -0.367 e. The zero-order valence-electron chi connectivity index (χ0n) is 9.74. The van der Waals surface area contributed by atoms with Gasteiger partial charge in [0.1, 0.15) is 0 Å². The van der Waals surface area contributed by atoms with E-state index in [2.05, 4.69) is 5.32 Å². The molecule has 0 spiro atoms. The predicted octanol–water partition coefficient (Wildman–Crippen LogP) is 1.60. The number of carbonyl (C=O) groups excluding carboxylic acids is 1. The van der Waals surface area contributed by atoms with E-state index in [-0.39, 0.29) is 17.7 Å². The summed E-state index contributed by atoms with van der Waals surface area (Å²) in [5, 5.41) is 13.0. The van der Waals surface area contributed by atoms with Crippen LogP contribution < -0.4 is 5.32 Å². The Balaban J connectivity index is 2.99. The van der Waals surface area contributed by atoms with E-state index in [0.717, 1.165) is 5.57 Å². The number of nitrogens with one attached hydrogen (secondary N) is 1. The first-order valence-electron chi connectivity index (χ1n) is 5.24. The second-order valence-electron chi connectivity index (χ2n) is 4.52. The smallest absolute Gasteiger partial charge is 0.219 e. The number of hydrogen-bond acceptors (Lipinski definition) is 2. The van der Waals surface area contributed by atoms with Crippen molar-refractivity contribution >= 4 is 5.91 Å². The van der Waals surface area contributed by atoms with Crippen LogP contribution >= 0.6 is 0 Å². The molecule has 0 fully saturated rings. The molecular formula is C12H19NO2. The van der Waals surface area contributed by atoms with E-state index in [4.69, 9.17) is 0 Å². The quantitative estimate of drug-likeness (QED) is 0.679. The van der Waals surface area contributed by atoms with Crippen LogP contribution in [0.1, 0.15) is 27.7 Å². The molecule has 0 bridgehead atoms. The number of allylic oxidation sites excluding steroid dienone is 2. The Bertz CT molecular complexity index is 318. The number of carbonyl (C=O) groups is 1. The minimum absolute atomic E-state index is 0.0786. The maximum absolute atomic E-state index is 11.1. The van der Waals surface area contributed by atoms with Crippen LogP contribution in [-0.2, 0) is 4.79 Å². The fourth-order valence-corrected chi connectivity index (χ4v) is 2.03. The fraction of sp³-hybridized carbons (Fsp3) is 0.583. The van der Waals surface area contributed by atoms with Gasteiger partial charge in [0.2, 0.25) is 5.91 Å². The van der Waals surface area contributed by atoms with Crippen LogP contribution in [0.3, 0.4) is 0 Å². The van der Waals surface area contributed by atoms with Crippen molar-refractivity contribution in [1.29, 1.82) is 0 Å². The lowest BCUT2D eigenvalue weighted by Gasteiger charge is -2.37. The molecule has 84 valence electrons. The van der Waals surface area contributed by atoms with Crippen LogP contribution in [0.4, 0.5) is 0 Å². The van der Waals surface area contributed by atoms with Crippen molar-refractivity contribution in [3.8, 4) is 0 Å². The molecule has 1 rings (SSSR count). The van der Waals surface area contributed by atoms with Gasteiger partial charge >= 0.3 is 0 Å². The molecule has 0 aromatic rings. The van der Waals surface area contributed by atoms with Crippen LogP contribution in [0, 0.1) is 11.8 Å². The summed E-state index contributed by atoms with van der Waals surface area (Å²) in [7, 11) is 0. The van der Waals surface area contributed by atoms with Crippen LogP contribution in [-0.4, -0.2) is 16.7 Å². The van der Waals surface area contributed by atoms with Gasteiger partial charge in [-0.1, -0.05) is 31.6 Å². The maximum Gasteiger partial charge on any atom is 0.219 e. The highest BCUT2D eigenvalue weighted by molar-refractivity contribution is 5.74. The van der Waals surface area contributed by atoms with E-state index >= 15 is 0 Å². The van der Waals surface area contributed by atoms with Crippen molar-refractivity contribution in [1.82, 2.24) is 5.32 Å². The molecule has 3 heteroatoms. The van der Waals surface area contributed by atoms with E-state index < -0.39 is 5.72 Å². The SMILES string of the molecule is CC(=O)NC1(O)C=C(C)C=CC1C(C)C. The summed E-state index contributed by atoms with van der Waals surface area (Å²) in [5.74, 6) is -0.0324. The molecule has 0 saturated heterocycles. The summed E-state index contributed by atoms with van der Waals surface area (Å²) < 4.78 is 0. The first kappa shape index (κ1) is 12.0. The average Bonchev–Trinajstić information content (AvgIpc) is 1.99. The highest BCUT2D eigenvalue weighted by atomic mass is 16.3. The number of hydrogen-bond donors (Lipinski definition) is 2.